The quantitative estimate of drug-likeness (QED) is 0.664. The molecule has 2 heterocycles. The topological polar surface area (TPSA) is 59.3 Å². The van der Waals surface area contributed by atoms with Gasteiger partial charge in [0.05, 0.1) is 11.4 Å². The number of para-hydroxylation sites is 1. The van der Waals surface area contributed by atoms with E-state index in [-0.39, 0.29) is 17.5 Å². The number of anilines is 1. The Bertz CT molecular complexity index is 1120. The average Bonchev–Trinajstić information content (AvgIpc) is 3.42. The van der Waals surface area contributed by atoms with Crippen molar-refractivity contribution in [1.29, 1.82) is 0 Å². The Morgan fingerprint density at radius 3 is 2.19 bits per heavy atom. The number of carbonyl (C=O) groups excluding carboxylic acids is 1. The number of nitrogens with zero attached hydrogens (tertiary/aromatic N) is 3. The standard InChI is InChI=1S/C25H28N4O2/c1-27-22(19-14-15-19)21(25(31)29(27)20-12-6-3-7-13-20)26-24(30)23(28-16-8-9-17-28)18-10-4-2-5-11-18/h2-7,10-13,19,23H,8-9,14-17H2,1H3,(H,26,30). The van der Waals surface area contributed by atoms with Crippen molar-refractivity contribution in [3.63, 3.8) is 0 Å². The number of carbonyl (C=O) groups is 1. The van der Waals surface area contributed by atoms with E-state index in [0.717, 1.165) is 55.7 Å². The van der Waals surface area contributed by atoms with E-state index in [4.69, 9.17) is 0 Å². The Balaban J connectivity index is 1.54. The van der Waals surface area contributed by atoms with Crippen LogP contribution in [-0.4, -0.2) is 33.3 Å². The van der Waals surface area contributed by atoms with Gasteiger partial charge in [-0.05, 0) is 56.5 Å². The van der Waals surface area contributed by atoms with Gasteiger partial charge < -0.3 is 5.32 Å². The molecule has 0 radical (unpaired) electrons. The van der Waals surface area contributed by atoms with E-state index in [1.165, 1.54) is 0 Å². The van der Waals surface area contributed by atoms with Crippen molar-refractivity contribution in [2.24, 2.45) is 7.05 Å². The van der Waals surface area contributed by atoms with Gasteiger partial charge in [0.15, 0.2) is 0 Å². The molecule has 1 atom stereocenters. The van der Waals surface area contributed by atoms with Crippen molar-refractivity contribution in [2.45, 2.75) is 37.6 Å². The molecule has 2 fully saturated rings. The molecule has 1 N–H and O–H groups in total. The Morgan fingerprint density at radius 1 is 0.968 bits per heavy atom. The van der Waals surface area contributed by atoms with Gasteiger partial charge in [-0.1, -0.05) is 48.5 Å². The maximum absolute atomic E-state index is 13.6. The number of benzene rings is 2. The summed E-state index contributed by atoms with van der Waals surface area (Å²) in [6.07, 6.45) is 4.28. The van der Waals surface area contributed by atoms with Crippen LogP contribution in [0.15, 0.2) is 65.5 Å². The number of likely N-dealkylation sites (tertiary alicyclic amines) is 1. The number of hydrogen-bond donors (Lipinski definition) is 1. The third-order valence-electron chi connectivity index (χ3n) is 6.39. The van der Waals surface area contributed by atoms with Crippen LogP contribution < -0.4 is 10.9 Å². The molecular formula is C25H28N4O2. The van der Waals surface area contributed by atoms with E-state index in [2.05, 4.69) is 10.2 Å². The lowest BCUT2D eigenvalue weighted by molar-refractivity contribution is -0.121. The molecule has 1 saturated heterocycles. The minimum absolute atomic E-state index is 0.127. The lowest BCUT2D eigenvalue weighted by Crippen LogP contribution is -2.36. The van der Waals surface area contributed by atoms with Gasteiger partial charge in [0.1, 0.15) is 11.7 Å². The van der Waals surface area contributed by atoms with Gasteiger partial charge in [-0.3, -0.25) is 19.2 Å². The van der Waals surface area contributed by atoms with Crippen LogP contribution in [0.3, 0.4) is 0 Å². The second kappa shape index (κ2) is 8.19. The summed E-state index contributed by atoms with van der Waals surface area (Å²) in [5.74, 6) is 0.192. The predicted molar refractivity (Wildman–Crippen MR) is 122 cm³/mol. The second-order valence-electron chi connectivity index (χ2n) is 8.56. The summed E-state index contributed by atoms with van der Waals surface area (Å²) in [5, 5.41) is 3.07. The third-order valence-corrected chi connectivity index (χ3v) is 6.39. The SMILES string of the molecule is Cn1c(C2CC2)c(NC(=O)C(c2ccccc2)N2CCCC2)c(=O)n1-c1ccccc1. The maximum Gasteiger partial charge on any atom is 0.295 e. The zero-order valence-corrected chi connectivity index (χ0v) is 17.8. The van der Waals surface area contributed by atoms with Crippen LogP contribution in [0.1, 0.15) is 48.9 Å². The zero-order valence-electron chi connectivity index (χ0n) is 17.8. The van der Waals surface area contributed by atoms with Crippen molar-refractivity contribution in [1.82, 2.24) is 14.3 Å². The summed E-state index contributed by atoms with van der Waals surface area (Å²) in [7, 11) is 1.91. The van der Waals surface area contributed by atoms with Crippen LogP contribution in [0.2, 0.25) is 0 Å². The highest BCUT2D eigenvalue weighted by molar-refractivity contribution is 5.96. The van der Waals surface area contributed by atoms with Crippen LogP contribution in [0.25, 0.3) is 5.69 Å². The van der Waals surface area contributed by atoms with E-state index >= 15 is 0 Å². The molecule has 1 aliphatic heterocycles. The molecule has 2 aromatic carbocycles. The van der Waals surface area contributed by atoms with E-state index in [1.807, 2.05) is 72.4 Å². The van der Waals surface area contributed by atoms with E-state index in [1.54, 1.807) is 4.68 Å². The molecule has 3 aromatic rings. The largest absolute Gasteiger partial charge is 0.318 e. The van der Waals surface area contributed by atoms with Gasteiger partial charge in [-0.2, -0.15) is 0 Å². The minimum atomic E-state index is -0.388. The van der Waals surface area contributed by atoms with Gasteiger partial charge in [0.25, 0.3) is 5.56 Å². The number of rotatable bonds is 6. The molecule has 1 aromatic heterocycles. The number of nitrogens with one attached hydrogen (secondary N) is 1. The molecule has 160 valence electrons. The Kier molecular flexibility index (Phi) is 5.24. The van der Waals surface area contributed by atoms with Crippen LogP contribution in [0, 0.1) is 0 Å². The Hall–Kier alpha value is -3.12. The summed E-state index contributed by atoms with van der Waals surface area (Å²) >= 11 is 0. The third kappa shape index (κ3) is 3.72. The zero-order chi connectivity index (χ0) is 21.4. The molecule has 1 unspecified atom stereocenters. The normalized spacial score (nSPS) is 17.6. The summed E-state index contributed by atoms with van der Waals surface area (Å²) in [4.78, 5) is 29.3. The Morgan fingerprint density at radius 2 is 1.58 bits per heavy atom. The smallest absolute Gasteiger partial charge is 0.295 e. The summed E-state index contributed by atoms with van der Waals surface area (Å²) in [6.45, 7) is 1.79. The van der Waals surface area contributed by atoms with Crippen molar-refractivity contribution in [3.8, 4) is 5.69 Å². The van der Waals surface area contributed by atoms with Crippen molar-refractivity contribution in [2.75, 3.05) is 18.4 Å². The number of hydrogen-bond acceptors (Lipinski definition) is 3. The molecule has 1 aliphatic carbocycles. The highest BCUT2D eigenvalue weighted by Gasteiger charge is 2.36. The van der Waals surface area contributed by atoms with E-state index < -0.39 is 0 Å². The van der Waals surface area contributed by atoms with Crippen LogP contribution >= 0.6 is 0 Å². The number of amides is 1. The van der Waals surface area contributed by atoms with Gasteiger partial charge in [-0.25, -0.2) is 4.68 Å². The molecule has 31 heavy (non-hydrogen) atoms. The molecule has 5 rings (SSSR count). The second-order valence-corrected chi connectivity index (χ2v) is 8.56. The van der Waals surface area contributed by atoms with Crippen LogP contribution in [0.5, 0.6) is 0 Å². The predicted octanol–water partition coefficient (Wildman–Crippen LogP) is 3.83. The fourth-order valence-corrected chi connectivity index (χ4v) is 4.78. The van der Waals surface area contributed by atoms with Crippen molar-refractivity contribution < 1.29 is 4.79 Å². The average molecular weight is 417 g/mol. The monoisotopic (exact) mass is 416 g/mol. The lowest BCUT2D eigenvalue weighted by Gasteiger charge is -2.26. The first-order valence-electron chi connectivity index (χ1n) is 11.1. The van der Waals surface area contributed by atoms with Crippen LogP contribution in [-0.2, 0) is 11.8 Å². The Labute approximate surface area is 182 Å². The molecule has 1 amide bonds. The first-order valence-corrected chi connectivity index (χ1v) is 11.1. The van der Waals surface area contributed by atoms with E-state index in [0.29, 0.717) is 11.6 Å². The summed E-state index contributed by atoms with van der Waals surface area (Å²) in [6, 6.07) is 19.1. The highest BCUT2D eigenvalue weighted by Crippen LogP contribution is 2.43. The molecule has 0 spiro atoms. The molecule has 2 aliphatic rings. The van der Waals surface area contributed by atoms with E-state index in [9.17, 15) is 9.59 Å². The van der Waals surface area contributed by atoms with Gasteiger partial charge in [0, 0.05) is 13.0 Å². The summed E-state index contributed by atoms with van der Waals surface area (Å²) < 4.78 is 3.58. The first-order chi connectivity index (χ1) is 15.1. The highest BCUT2D eigenvalue weighted by atomic mass is 16.2. The molecule has 6 nitrogen and oxygen atoms in total. The lowest BCUT2D eigenvalue weighted by atomic mass is 10.0. The molecular weight excluding hydrogens is 388 g/mol. The first kappa shape index (κ1) is 19.8. The van der Waals surface area contributed by atoms with Crippen molar-refractivity contribution in [3.05, 3.63) is 82.3 Å². The molecule has 6 heteroatoms. The fraction of sp³-hybridized carbons (Fsp3) is 0.360. The van der Waals surface area contributed by atoms with Gasteiger partial charge in [-0.15, -0.1) is 0 Å². The van der Waals surface area contributed by atoms with Gasteiger partial charge in [0.2, 0.25) is 5.91 Å². The minimum Gasteiger partial charge on any atom is -0.318 e. The fourth-order valence-electron chi connectivity index (χ4n) is 4.78. The van der Waals surface area contributed by atoms with Crippen molar-refractivity contribution >= 4 is 11.6 Å². The molecule has 0 bridgehead atoms. The van der Waals surface area contributed by atoms with Gasteiger partial charge >= 0.3 is 0 Å². The van der Waals surface area contributed by atoms with Crippen LogP contribution in [0.4, 0.5) is 5.69 Å². The maximum atomic E-state index is 13.6. The molecule has 1 saturated carbocycles. The summed E-state index contributed by atoms with van der Waals surface area (Å²) in [5.41, 5.74) is 2.96. The number of aromatic nitrogens is 2.